The Morgan fingerprint density at radius 1 is 1.20 bits per heavy atom. The molecule has 76 valence electrons. The first-order valence-corrected chi connectivity index (χ1v) is 5.13. The second kappa shape index (κ2) is 4.18. The van der Waals surface area contributed by atoms with Crippen molar-refractivity contribution in [2.75, 3.05) is 0 Å². The summed E-state index contributed by atoms with van der Waals surface area (Å²) in [7, 11) is 0. The molecule has 1 N–H and O–H groups in total. The van der Waals surface area contributed by atoms with Gasteiger partial charge in [0.15, 0.2) is 0 Å². The Morgan fingerprint density at radius 3 is 2.60 bits per heavy atom. The minimum atomic E-state index is 0.345. The third-order valence-corrected chi connectivity index (χ3v) is 2.62. The highest BCUT2D eigenvalue weighted by atomic mass is 16.3. The zero-order valence-electron chi connectivity index (χ0n) is 8.77. The van der Waals surface area contributed by atoms with Crippen molar-refractivity contribution in [1.29, 1.82) is 0 Å². The van der Waals surface area contributed by atoms with Crippen LogP contribution in [0.4, 0.5) is 0 Å². The van der Waals surface area contributed by atoms with E-state index in [9.17, 15) is 5.11 Å². The van der Waals surface area contributed by atoms with E-state index in [1.165, 1.54) is 5.57 Å². The molecule has 1 aromatic rings. The number of benzene rings is 1. The van der Waals surface area contributed by atoms with Crippen LogP contribution < -0.4 is 0 Å². The Labute approximate surface area is 90.1 Å². The minimum Gasteiger partial charge on any atom is -0.507 e. The molecule has 15 heavy (non-hydrogen) atoms. The summed E-state index contributed by atoms with van der Waals surface area (Å²) in [6.07, 6.45) is 9.34. The Balaban J connectivity index is 2.32. The second-order valence-corrected chi connectivity index (χ2v) is 3.58. The Bertz CT molecular complexity index is 450. The van der Waals surface area contributed by atoms with Crippen LogP contribution >= 0.6 is 0 Å². The van der Waals surface area contributed by atoms with Gasteiger partial charge in [0.25, 0.3) is 0 Å². The molecular weight excluding hydrogens is 184 g/mol. The molecular formula is C14H14O. The van der Waals surface area contributed by atoms with Crippen molar-refractivity contribution in [2.24, 2.45) is 0 Å². The topological polar surface area (TPSA) is 20.2 Å². The fourth-order valence-electron chi connectivity index (χ4n) is 1.69. The van der Waals surface area contributed by atoms with E-state index in [0.717, 1.165) is 17.6 Å². The molecule has 1 aliphatic carbocycles. The smallest absolute Gasteiger partial charge is 0.123 e. The lowest BCUT2D eigenvalue weighted by Crippen LogP contribution is -1.88. The molecule has 0 heterocycles. The van der Waals surface area contributed by atoms with E-state index in [0.29, 0.717) is 5.75 Å². The zero-order valence-corrected chi connectivity index (χ0v) is 8.77. The molecule has 2 rings (SSSR count). The van der Waals surface area contributed by atoms with E-state index in [1.807, 2.05) is 31.2 Å². The van der Waals surface area contributed by atoms with Crippen molar-refractivity contribution in [3.05, 3.63) is 59.7 Å². The molecule has 0 radical (unpaired) electrons. The molecule has 1 nitrogen and oxygen atoms in total. The van der Waals surface area contributed by atoms with Gasteiger partial charge in [-0.3, -0.25) is 0 Å². The number of para-hydroxylation sites is 1. The minimum absolute atomic E-state index is 0.345. The molecule has 0 spiro atoms. The maximum absolute atomic E-state index is 9.70. The molecule has 0 aromatic heterocycles. The normalized spacial score (nSPS) is 17.9. The van der Waals surface area contributed by atoms with Gasteiger partial charge in [-0.2, -0.15) is 0 Å². The second-order valence-electron chi connectivity index (χ2n) is 3.58. The number of allylic oxidation sites excluding steroid dienone is 6. The van der Waals surface area contributed by atoms with Crippen LogP contribution in [0.25, 0.3) is 5.57 Å². The largest absolute Gasteiger partial charge is 0.507 e. The summed E-state index contributed by atoms with van der Waals surface area (Å²) in [5.41, 5.74) is 3.32. The van der Waals surface area contributed by atoms with Crippen LogP contribution in [-0.2, 0) is 0 Å². The van der Waals surface area contributed by atoms with Crippen LogP contribution in [0.1, 0.15) is 18.9 Å². The SMILES string of the molecule is CC=C1C=CC(c2ccccc2O)=CC1. The summed E-state index contributed by atoms with van der Waals surface area (Å²) in [6.45, 7) is 2.04. The average Bonchev–Trinajstić information content (AvgIpc) is 2.30. The summed E-state index contributed by atoms with van der Waals surface area (Å²) in [5, 5.41) is 9.70. The van der Waals surface area contributed by atoms with Gasteiger partial charge in [0.2, 0.25) is 0 Å². The maximum atomic E-state index is 9.70. The van der Waals surface area contributed by atoms with E-state index >= 15 is 0 Å². The molecule has 0 saturated heterocycles. The summed E-state index contributed by atoms with van der Waals surface area (Å²) in [4.78, 5) is 0. The molecule has 0 amide bonds. The summed E-state index contributed by atoms with van der Waals surface area (Å²) >= 11 is 0. The third-order valence-electron chi connectivity index (χ3n) is 2.62. The highest BCUT2D eigenvalue weighted by Crippen LogP contribution is 2.29. The maximum Gasteiger partial charge on any atom is 0.123 e. The van der Waals surface area contributed by atoms with Crippen molar-refractivity contribution in [1.82, 2.24) is 0 Å². The predicted octanol–water partition coefficient (Wildman–Crippen LogP) is 3.68. The van der Waals surface area contributed by atoms with Crippen LogP contribution in [0.2, 0.25) is 0 Å². The van der Waals surface area contributed by atoms with Crippen molar-refractivity contribution in [2.45, 2.75) is 13.3 Å². The molecule has 1 heteroatoms. The van der Waals surface area contributed by atoms with Gasteiger partial charge in [0, 0.05) is 5.56 Å². The van der Waals surface area contributed by atoms with Crippen molar-refractivity contribution in [3.8, 4) is 5.75 Å². The highest BCUT2D eigenvalue weighted by molar-refractivity contribution is 5.79. The summed E-state index contributed by atoms with van der Waals surface area (Å²) in [6, 6.07) is 7.43. The first kappa shape index (κ1) is 9.78. The molecule has 1 aromatic carbocycles. The van der Waals surface area contributed by atoms with E-state index in [2.05, 4.69) is 18.2 Å². The predicted molar refractivity (Wildman–Crippen MR) is 63.6 cm³/mol. The van der Waals surface area contributed by atoms with Crippen molar-refractivity contribution >= 4 is 5.57 Å². The van der Waals surface area contributed by atoms with E-state index in [4.69, 9.17) is 0 Å². The molecule has 0 unspecified atom stereocenters. The lowest BCUT2D eigenvalue weighted by atomic mass is 9.96. The highest BCUT2D eigenvalue weighted by Gasteiger charge is 2.06. The molecule has 0 saturated carbocycles. The number of aromatic hydroxyl groups is 1. The molecule has 1 aliphatic rings. The average molecular weight is 198 g/mol. The van der Waals surface area contributed by atoms with Crippen LogP contribution in [0.5, 0.6) is 5.75 Å². The van der Waals surface area contributed by atoms with E-state index < -0.39 is 0 Å². The summed E-state index contributed by atoms with van der Waals surface area (Å²) < 4.78 is 0. The van der Waals surface area contributed by atoms with Crippen molar-refractivity contribution < 1.29 is 5.11 Å². The van der Waals surface area contributed by atoms with Gasteiger partial charge in [-0.05, 0) is 30.6 Å². The van der Waals surface area contributed by atoms with Gasteiger partial charge in [-0.15, -0.1) is 0 Å². The Morgan fingerprint density at radius 2 is 2.00 bits per heavy atom. The van der Waals surface area contributed by atoms with E-state index in [-0.39, 0.29) is 0 Å². The fourth-order valence-corrected chi connectivity index (χ4v) is 1.69. The lowest BCUT2D eigenvalue weighted by molar-refractivity contribution is 0.473. The van der Waals surface area contributed by atoms with Gasteiger partial charge >= 0.3 is 0 Å². The summed E-state index contributed by atoms with van der Waals surface area (Å²) in [5.74, 6) is 0.345. The number of rotatable bonds is 1. The van der Waals surface area contributed by atoms with Gasteiger partial charge in [0.1, 0.15) is 5.75 Å². The zero-order chi connectivity index (χ0) is 10.7. The van der Waals surface area contributed by atoms with Gasteiger partial charge in [-0.25, -0.2) is 0 Å². The first-order valence-electron chi connectivity index (χ1n) is 5.13. The van der Waals surface area contributed by atoms with Gasteiger partial charge in [-0.1, -0.05) is 42.5 Å². The molecule has 0 bridgehead atoms. The quantitative estimate of drug-likeness (QED) is 0.729. The Hall–Kier alpha value is -1.76. The molecule has 0 aliphatic heterocycles. The Kier molecular flexibility index (Phi) is 2.72. The monoisotopic (exact) mass is 198 g/mol. The standard InChI is InChI=1S/C14H14O/c1-2-11-7-9-12(10-8-11)13-5-3-4-6-14(13)15/h2-7,9-10,15H,8H2,1H3. The fraction of sp³-hybridized carbons (Fsp3) is 0.143. The van der Waals surface area contributed by atoms with Gasteiger partial charge < -0.3 is 5.11 Å². The number of hydrogen-bond acceptors (Lipinski definition) is 1. The molecule has 0 atom stereocenters. The first-order chi connectivity index (χ1) is 7.31. The number of phenolic OH excluding ortho intramolecular Hbond substituents is 1. The van der Waals surface area contributed by atoms with Crippen molar-refractivity contribution in [3.63, 3.8) is 0 Å². The molecule has 0 fully saturated rings. The third kappa shape index (κ3) is 2.01. The number of hydrogen-bond donors (Lipinski definition) is 1. The van der Waals surface area contributed by atoms with Crippen LogP contribution in [0.15, 0.2) is 54.1 Å². The lowest BCUT2D eigenvalue weighted by Gasteiger charge is -2.10. The van der Waals surface area contributed by atoms with Crippen LogP contribution in [0.3, 0.4) is 0 Å². The van der Waals surface area contributed by atoms with E-state index in [1.54, 1.807) is 6.07 Å². The van der Waals surface area contributed by atoms with Crippen LogP contribution in [0, 0.1) is 0 Å². The number of phenols is 1. The van der Waals surface area contributed by atoms with Gasteiger partial charge in [0.05, 0.1) is 0 Å². The van der Waals surface area contributed by atoms with Crippen LogP contribution in [-0.4, -0.2) is 5.11 Å².